The summed E-state index contributed by atoms with van der Waals surface area (Å²) in [7, 11) is 3.32. The van der Waals surface area contributed by atoms with Crippen molar-refractivity contribution in [3.8, 4) is 0 Å². The number of nitrogens with zero attached hydrogens (tertiary/aromatic N) is 2. The summed E-state index contributed by atoms with van der Waals surface area (Å²) in [6.45, 7) is 3.88. The molecular formula is C13H20ClN3O2. The van der Waals surface area contributed by atoms with Gasteiger partial charge in [-0.3, -0.25) is 4.79 Å². The fourth-order valence-corrected chi connectivity index (χ4v) is 1.67. The molecule has 0 saturated carbocycles. The number of aromatic nitrogens is 1. The summed E-state index contributed by atoms with van der Waals surface area (Å²) in [4.78, 5) is 17.9. The van der Waals surface area contributed by atoms with Gasteiger partial charge in [0.25, 0.3) is 5.91 Å². The quantitative estimate of drug-likeness (QED) is 0.835. The Morgan fingerprint density at radius 2 is 2.32 bits per heavy atom. The second-order valence-electron chi connectivity index (χ2n) is 4.20. The Kier molecular flexibility index (Phi) is 6.59. The molecule has 0 aromatic carbocycles. The lowest BCUT2D eigenvalue weighted by Crippen LogP contribution is -2.30. The van der Waals surface area contributed by atoms with Gasteiger partial charge in [-0.2, -0.15) is 0 Å². The zero-order valence-electron chi connectivity index (χ0n) is 11.6. The van der Waals surface area contributed by atoms with Crippen molar-refractivity contribution in [3.05, 3.63) is 22.8 Å². The highest BCUT2D eigenvalue weighted by molar-refractivity contribution is 6.33. The number of hydrogen-bond acceptors (Lipinski definition) is 4. The summed E-state index contributed by atoms with van der Waals surface area (Å²) in [5, 5.41) is 3.49. The van der Waals surface area contributed by atoms with Crippen molar-refractivity contribution in [1.82, 2.24) is 9.88 Å². The van der Waals surface area contributed by atoms with Crippen LogP contribution in [0.5, 0.6) is 0 Å². The van der Waals surface area contributed by atoms with Crippen LogP contribution in [-0.2, 0) is 4.74 Å². The molecule has 0 radical (unpaired) electrons. The highest BCUT2D eigenvalue weighted by Crippen LogP contribution is 2.19. The number of likely N-dealkylation sites (N-methyl/N-ethyl adjacent to an activating group) is 1. The van der Waals surface area contributed by atoms with E-state index >= 15 is 0 Å². The molecule has 0 saturated heterocycles. The fourth-order valence-electron chi connectivity index (χ4n) is 1.49. The number of hydrogen-bond donors (Lipinski definition) is 1. The maximum Gasteiger partial charge on any atom is 0.255 e. The number of ether oxygens (including phenoxy) is 1. The predicted octanol–water partition coefficient (Wildman–Crippen LogP) is 2.28. The van der Waals surface area contributed by atoms with Gasteiger partial charge in [0.2, 0.25) is 0 Å². The maximum atomic E-state index is 12.2. The van der Waals surface area contributed by atoms with E-state index in [1.807, 2.05) is 0 Å². The molecule has 1 N–H and O–H groups in total. The van der Waals surface area contributed by atoms with Gasteiger partial charge >= 0.3 is 0 Å². The third-order valence-electron chi connectivity index (χ3n) is 2.62. The Hall–Kier alpha value is -1.33. The molecular weight excluding hydrogens is 266 g/mol. The van der Waals surface area contributed by atoms with Gasteiger partial charge in [-0.05, 0) is 12.5 Å². The molecule has 1 aromatic heterocycles. The molecule has 1 heterocycles. The van der Waals surface area contributed by atoms with E-state index in [2.05, 4.69) is 17.2 Å². The van der Waals surface area contributed by atoms with Gasteiger partial charge in [0.05, 0.1) is 17.2 Å². The molecule has 5 nitrogen and oxygen atoms in total. The number of anilines is 1. The normalized spacial score (nSPS) is 10.3. The van der Waals surface area contributed by atoms with Crippen molar-refractivity contribution in [1.29, 1.82) is 0 Å². The first kappa shape index (κ1) is 15.7. The predicted molar refractivity (Wildman–Crippen MR) is 76.9 cm³/mol. The van der Waals surface area contributed by atoms with E-state index in [0.717, 1.165) is 13.0 Å². The van der Waals surface area contributed by atoms with Crippen molar-refractivity contribution in [2.75, 3.05) is 39.2 Å². The van der Waals surface area contributed by atoms with Crippen molar-refractivity contribution in [2.24, 2.45) is 0 Å². The lowest BCUT2D eigenvalue weighted by molar-refractivity contribution is 0.0744. The average molecular weight is 286 g/mol. The van der Waals surface area contributed by atoms with Crippen LogP contribution in [0.15, 0.2) is 12.3 Å². The summed E-state index contributed by atoms with van der Waals surface area (Å²) in [5.41, 5.74) is 0.453. The molecule has 1 rings (SSSR count). The monoisotopic (exact) mass is 285 g/mol. The van der Waals surface area contributed by atoms with E-state index in [1.54, 1.807) is 25.1 Å². The molecule has 0 aliphatic heterocycles. The van der Waals surface area contributed by atoms with E-state index in [0.29, 0.717) is 29.6 Å². The number of nitrogens with one attached hydrogen (secondary N) is 1. The van der Waals surface area contributed by atoms with Gasteiger partial charge in [0.15, 0.2) is 0 Å². The fraction of sp³-hybridized carbons (Fsp3) is 0.538. The molecule has 19 heavy (non-hydrogen) atoms. The standard InChI is InChI=1S/C13H20ClN3O2/c1-4-5-15-12-8-10(11(14)9-16-12)13(18)17(2)6-7-19-3/h8-9H,4-7H2,1-3H3,(H,15,16). The number of rotatable bonds is 7. The van der Waals surface area contributed by atoms with E-state index in [1.165, 1.54) is 6.20 Å². The molecule has 0 fully saturated rings. The molecule has 106 valence electrons. The number of carbonyl (C=O) groups is 1. The zero-order chi connectivity index (χ0) is 14.3. The van der Waals surface area contributed by atoms with E-state index in [4.69, 9.17) is 16.3 Å². The minimum atomic E-state index is -0.135. The summed E-state index contributed by atoms with van der Waals surface area (Å²) in [6, 6.07) is 1.68. The molecule has 0 bridgehead atoms. The Morgan fingerprint density at radius 3 is 2.95 bits per heavy atom. The van der Waals surface area contributed by atoms with Gasteiger partial charge in [-0.25, -0.2) is 4.98 Å². The molecule has 1 aromatic rings. The van der Waals surface area contributed by atoms with E-state index < -0.39 is 0 Å². The van der Waals surface area contributed by atoms with Crippen LogP contribution < -0.4 is 5.32 Å². The van der Waals surface area contributed by atoms with Crippen LogP contribution in [0.25, 0.3) is 0 Å². The number of amides is 1. The van der Waals surface area contributed by atoms with Crippen molar-refractivity contribution in [3.63, 3.8) is 0 Å². The lowest BCUT2D eigenvalue weighted by atomic mass is 10.2. The number of methoxy groups -OCH3 is 1. The minimum absolute atomic E-state index is 0.135. The topological polar surface area (TPSA) is 54.5 Å². The largest absolute Gasteiger partial charge is 0.383 e. The van der Waals surface area contributed by atoms with Crippen LogP contribution in [0.2, 0.25) is 5.02 Å². The summed E-state index contributed by atoms with van der Waals surface area (Å²) in [5.74, 6) is 0.527. The molecule has 0 atom stereocenters. The maximum absolute atomic E-state index is 12.2. The second kappa shape index (κ2) is 7.96. The minimum Gasteiger partial charge on any atom is -0.383 e. The summed E-state index contributed by atoms with van der Waals surface area (Å²) in [6.07, 6.45) is 2.48. The van der Waals surface area contributed by atoms with E-state index in [9.17, 15) is 4.79 Å². The van der Waals surface area contributed by atoms with Gasteiger partial charge in [-0.1, -0.05) is 18.5 Å². The SMILES string of the molecule is CCCNc1cc(C(=O)N(C)CCOC)c(Cl)cn1. The van der Waals surface area contributed by atoms with Gasteiger partial charge in [0.1, 0.15) is 5.82 Å². The number of pyridine rings is 1. The highest BCUT2D eigenvalue weighted by atomic mass is 35.5. The molecule has 1 amide bonds. The first-order chi connectivity index (χ1) is 9.10. The number of carbonyl (C=O) groups excluding carboxylic acids is 1. The van der Waals surface area contributed by atoms with Gasteiger partial charge in [0, 0.05) is 33.4 Å². The molecule has 0 aliphatic rings. The Labute approximate surface area is 118 Å². The summed E-state index contributed by atoms with van der Waals surface area (Å²) < 4.78 is 4.95. The van der Waals surface area contributed by atoms with Gasteiger partial charge in [-0.15, -0.1) is 0 Å². The zero-order valence-corrected chi connectivity index (χ0v) is 12.3. The van der Waals surface area contributed by atoms with Crippen LogP contribution in [0, 0.1) is 0 Å². The van der Waals surface area contributed by atoms with E-state index in [-0.39, 0.29) is 5.91 Å². The Bertz CT molecular complexity index is 426. The van der Waals surface area contributed by atoms with Crippen molar-refractivity contribution < 1.29 is 9.53 Å². The smallest absolute Gasteiger partial charge is 0.255 e. The van der Waals surface area contributed by atoms with Crippen LogP contribution in [0.3, 0.4) is 0 Å². The van der Waals surface area contributed by atoms with Crippen LogP contribution >= 0.6 is 11.6 Å². The summed E-state index contributed by atoms with van der Waals surface area (Å²) >= 11 is 6.03. The number of halogens is 1. The highest BCUT2D eigenvalue weighted by Gasteiger charge is 2.16. The first-order valence-electron chi connectivity index (χ1n) is 6.24. The lowest BCUT2D eigenvalue weighted by Gasteiger charge is -2.17. The molecule has 0 spiro atoms. The Morgan fingerprint density at radius 1 is 1.58 bits per heavy atom. The van der Waals surface area contributed by atoms with Crippen LogP contribution in [-0.4, -0.2) is 49.6 Å². The average Bonchev–Trinajstić information content (AvgIpc) is 2.43. The molecule has 6 heteroatoms. The third kappa shape index (κ3) is 4.69. The van der Waals surface area contributed by atoms with Crippen LogP contribution in [0.4, 0.5) is 5.82 Å². The van der Waals surface area contributed by atoms with Crippen molar-refractivity contribution in [2.45, 2.75) is 13.3 Å². The molecule has 0 aliphatic carbocycles. The first-order valence-corrected chi connectivity index (χ1v) is 6.61. The van der Waals surface area contributed by atoms with Crippen LogP contribution in [0.1, 0.15) is 23.7 Å². The van der Waals surface area contributed by atoms with Gasteiger partial charge < -0.3 is 15.0 Å². The molecule has 0 unspecified atom stereocenters. The Balaban J connectivity index is 2.82. The van der Waals surface area contributed by atoms with Crippen molar-refractivity contribution >= 4 is 23.3 Å². The second-order valence-corrected chi connectivity index (χ2v) is 4.60. The third-order valence-corrected chi connectivity index (χ3v) is 2.92.